The zero-order valence-electron chi connectivity index (χ0n) is 19.4. The first-order chi connectivity index (χ1) is 16.7. The SMILES string of the molecule is CN(C)CCNC(=O)c1cn(CCCNc2ccc([N+](=O)[O-])c(N)n2)cc1-c1ccc(Cl)cc1Cl. The third kappa shape index (κ3) is 7.08. The number of carbonyl (C=O) groups is 1. The fourth-order valence-corrected chi connectivity index (χ4v) is 3.94. The van der Waals surface area contributed by atoms with Gasteiger partial charge in [-0.15, -0.1) is 0 Å². The highest BCUT2D eigenvalue weighted by Gasteiger charge is 2.18. The molecule has 2 heterocycles. The van der Waals surface area contributed by atoms with Gasteiger partial charge in [-0.2, -0.15) is 0 Å². The number of hydrogen-bond acceptors (Lipinski definition) is 7. The van der Waals surface area contributed by atoms with Crippen LogP contribution in [-0.4, -0.2) is 59.0 Å². The number of benzene rings is 1. The number of carbonyl (C=O) groups excluding carboxylic acids is 1. The summed E-state index contributed by atoms with van der Waals surface area (Å²) in [5, 5.41) is 17.9. The minimum absolute atomic E-state index is 0.139. The molecule has 1 amide bonds. The average molecular weight is 520 g/mol. The van der Waals surface area contributed by atoms with Crippen LogP contribution >= 0.6 is 23.2 Å². The molecule has 4 N–H and O–H groups in total. The second kappa shape index (κ2) is 11.9. The van der Waals surface area contributed by atoms with Crippen LogP contribution < -0.4 is 16.4 Å². The van der Waals surface area contributed by atoms with Crippen LogP contribution in [0.15, 0.2) is 42.7 Å². The lowest BCUT2D eigenvalue weighted by atomic mass is 10.0. The Hall–Kier alpha value is -3.34. The summed E-state index contributed by atoms with van der Waals surface area (Å²) in [6.45, 7) is 2.39. The number of hydrogen-bond donors (Lipinski definition) is 3. The van der Waals surface area contributed by atoms with Gasteiger partial charge in [0.2, 0.25) is 5.82 Å². The first-order valence-corrected chi connectivity index (χ1v) is 11.6. The summed E-state index contributed by atoms with van der Waals surface area (Å²) in [6.07, 6.45) is 4.38. The van der Waals surface area contributed by atoms with E-state index in [1.807, 2.05) is 29.8 Å². The normalized spacial score (nSPS) is 11.0. The highest BCUT2D eigenvalue weighted by molar-refractivity contribution is 6.36. The Bertz CT molecular complexity index is 1210. The lowest BCUT2D eigenvalue weighted by Crippen LogP contribution is -2.31. The van der Waals surface area contributed by atoms with Crippen LogP contribution in [0.25, 0.3) is 11.1 Å². The molecule has 0 spiro atoms. The van der Waals surface area contributed by atoms with Crippen molar-refractivity contribution in [2.45, 2.75) is 13.0 Å². The Morgan fingerprint density at radius 2 is 1.94 bits per heavy atom. The highest BCUT2D eigenvalue weighted by atomic mass is 35.5. The molecule has 186 valence electrons. The van der Waals surface area contributed by atoms with Crippen molar-refractivity contribution < 1.29 is 9.72 Å². The van der Waals surface area contributed by atoms with Gasteiger partial charge in [-0.1, -0.05) is 29.3 Å². The first-order valence-electron chi connectivity index (χ1n) is 10.9. The number of nitro groups is 1. The van der Waals surface area contributed by atoms with Gasteiger partial charge in [0.05, 0.1) is 10.5 Å². The maximum Gasteiger partial charge on any atom is 0.311 e. The van der Waals surface area contributed by atoms with Crippen LogP contribution in [0.2, 0.25) is 10.0 Å². The molecular weight excluding hydrogens is 493 g/mol. The van der Waals surface area contributed by atoms with Gasteiger partial charge >= 0.3 is 5.69 Å². The number of nitrogen functional groups attached to an aromatic ring is 1. The number of nitrogens with two attached hydrogens (primary N) is 1. The van der Waals surface area contributed by atoms with Crippen LogP contribution in [0.4, 0.5) is 17.3 Å². The Balaban J connectivity index is 1.71. The summed E-state index contributed by atoms with van der Waals surface area (Å²) in [5.41, 5.74) is 7.36. The summed E-state index contributed by atoms with van der Waals surface area (Å²) < 4.78 is 1.93. The number of anilines is 2. The number of pyridine rings is 1. The molecule has 0 aliphatic rings. The number of aryl methyl sites for hydroxylation is 1. The Labute approximate surface area is 213 Å². The summed E-state index contributed by atoms with van der Waals surface area (Å²) in [5.74, 6) is 0.130. The molecule has 0 fully saturated rings. The molecule has 3 rings (SSSR count). The highest BCUT2D eigenvalue weighted by Crippen LogP contribution is 2.33. The van der Waals surface area contributed by atoms with E-state index in [0.29, 0.717) is 53.0 Å². The second-order valence-corrected chi connectivity index (χ2v) is 8.99. The molecule has 0 atom stereocenters. The molecule has 0 aliphatic carbocycles. The smallest absolute Gasteiger partial charge is 0.311 e. The maximum absolute atomic E-state index is 12.9. The molecule has 3 aromatic rings. The molecule has 0 bridgehead atoms. The second-order valence-electron chi connectivity index (χ2n) is 8.15. The van der Waals surface area contributed by atoms with E-state index in [4.69, 9.17) is 28.9 Å². The number of amides is 1. The van der Waals surface area contributed by atoms with Crippen LogP contribution in [0, 0.1) is 10.1 Å². The fraction of sp³-hybridized carbons (Fsp3) is 0.304. The molecule has 0 radical (unpaired) electrons. The predicted octanol–water partition coefficient (Wildman–Crippen LogP) is 4.14. The van der Waals surface area contributed by atoms with Crippen molar-refractivity contribution in [1.82, 2.24) is 19.8 Å². The standard InChI is InChI=1S/C23H27Cl2N7O3/c1-30(2)11-9-28-23(33)18-14-31(13-17(18)16-5-4-15(24)12-19(16)25)10-3-8-27-21-7-6-20(32(34)35)22(26)29-21/h4-7,12-14H,3,8-11H2,1-2H3,(H,28,33)(H3,26,27,29). The van der Waals surface area contributed by atoms with Crippen LogP contribution in [0.5, 0.6) is 0 Å². The van der Waals surface area contributed by atoms with Gasteiger partial charge in [0.25, 0.3) is 5.91 Å². The van der Waals surface area contributed by atoms with Crippen molar-refractivity contribution in [2.75, 3.05) is 44.8 Å². The zero-order chi connectivity index (χ0) is 25.5. The summed E-state index contributed by atoms with van der Waals surface area (Å²) in [4.78, 5) is 29.2. The first kappa shape index (κ1) is 26.3. The van der Waals surface area contributed by atoms with E-state index in [2.05, 4.69) is 15.6 Å². The van der Waals surface area contributed by atoms with Crippen molar-refractivity contribution in [3.8, 4) is 11.1 Å². The number of halogens is 2. The Morgan fingerprint density at radius 1 is 1.17 bits per heavy atom. The molecule has 35 heavy (non-hydrogen) atoms. The largest absolute Gasteiger partial charge is 0.378 e. The molecule has 2 aromatic heterocycles. The van der Waals surface area contributed by atoms with Crippen LogP contribution in [-0.2, 0) is 6.54 Å². The molecule has 0 saturated carbocycles. The molecule has 0 unspecified atom stereocenters. The minimum Gasteiger partial charge on any atom is -0.378 e. The van der Waals surface area contributed by atoms with Gasteiger partial charge in [0.15, 0.2) is 0 Å². The lowest BCUT2D eigenvalue weighted by Gasteiger charge is -2.11. The molecule has 12 heteroatoms. The average Bonchev–Trinajstić information content (AvgIpc) is 3.20. The molecule has 0 saturated heterocycles. The van der Waals surface area contributed by atoms with E-state index in [1.165, 1.54) is 12.1 Å². The molecular formula is C23H27Cl2N7O3. The van der Waals surface area contributed by atoms with Gasteiger partial charge in [-0.25, -0.2) is 4.98 Å². The zero-order valence-corrected chi connectivity index (χ0v) is 20.9. The summed E-state index contributed by atoms with van der Waals surface area (Å²) in [6, 6.07) is 8.02. The number of nitrogens with zero attached hydrogens (tertiary/aromatic N) is 4. The maximum atomic E-state index is 12.9. The van der Waals surface area contributed by atoms with Gasteiger partial charge in [0.1, 0.15) is 5.82 Å². The number of likely N-dealkylation sites (N-methyl/N-ethyl adjacent to an activating group) is 1. The summed E-state index contributed by atoms with van der Waals surface area (Å²) in [7, 11) is 3.88. The van der Waals surface area contributed by atoms with Crippen molar-refractivity contribution in [1.29, 1.82) is 0 Å². The topological polar surface area (TPSA) is 131 Å². The van der Waals surface area contributed by atoms with Crippen molar-refractivity contribution in [2.24, 2.45) is 0 Å². The van der Waals surface area contributed by atoms with Crippen LogP contribution in [0.1, 0.15) is 16.8 Å². The van der Waals surface area contributed by atoms with E-state index < -0.39 is 4.92 Å². The molecule has 1 aromatic carbocycles. The third-order valence-electron chi connectivity index (χ3n) is 5.19. The Morgan fingerprint density at radius 3 is 2.60 bits per heavy atom. The van der Waals surface area contributed by atoms with E-state index in [1.54, 1.807) is 24.4 Å². The number of rotatable bonds is 11. The van der Waals surface area contributed by atoms with Gasteiger partial charge in [-0.3, -0.25) is 14.9 Å². The van der Waals surface area contributed by atoms with Crippen molar-refractivity contribution in [3.05, 3.63) is 68.4 Å². The van der Waals surface area contributed by atoms with Crippen molar-refractivity contribution in [3.63, 3.8) is 0 Å². The van der Waals surface area contributed by atoms with Crippen LogP contribution in [0.3, 0.4) is 0 Å². The third-order valence-corrected chi connectivity index (χ3v) is 5.74. The van der Waals surface area contributed by atoms with E-state index in [0.717, 1.165) is 12.1 Å². The van der Waals surface area contributed by atoms with Gasteiger partial charge in [-0.05, 0) is 38.7 Å². The quantitative estimate of drug-likeness (QED) is 0.197. The molecule has 10 nitrogen and oxygen atoms in total. The predicted molar refractivity (Wildman–Crippen MR) is 139 cm³/mol. The van der Waals surface area contributed by atoms with E-state index in [-0.39, 0.29) is 17.4 Å². The summed E-state index contributed by atoms with van der Waals surface area (Å²) >= 11 is 12.5. The monoisotopic (exact) mass is 519 g/mol. The molecule has 0 aliphatic heterocycles. The van der Waals surface area contributed by atoms with Gasteiger partial charge < -0.3 is 25.8 Å². The van der Waals surface area contributed by atoms with E-state index in [9.17, 15) is 14.9 Å². The minimum atomic E-state index is -0.572. The van der Waals surface area contributed by atoms with Crippen molar-refractivity contribution >= 4 is 46.4 Å². The fourth-order valence-electron chi connectivity index (χ4n) is 3.43. The number of aromatic nitrogens is 2. The Kier molecular flexibility index (Phi) is 8.91. The van der Waals surface area contributed by atoms with E-state index >= 15 is 0 Å². The van der Waals surface area contributed by atoms with Gasteiger partial charge in [0, 0.05) is 65.8 Å². The lowest BCUT2D eigenvalue weighted by molar-refractivity contribution is -0.384. The number of nitrogens with one attached hydrogen (secondary N) is 2.